The van der Waals surface area contributed by atoms with Gasteiger partial charge in [-0.05, 0) is 55.8 Å². The number of urea groups is 1. The van der Waals surface area contributed by atoms with Crippen LogP contribution in [0.4, 0.5) is 4.79 Å². The van der Waals surface area contributed by atoms with Gasteiger partial charge in [0, 0.05) is 31.7 Å². The number of carbonyl (C=O) groups is 1. The Kier molecular flexibility index (Phi) is 4.71. The fourth-order valence-electron chi connectivity index (χ4n) is 5.42. The number of rotatable bonds is 4. The molecule has 0 aromatic carbocycles. The smallest absolute Gasteiger partial charge is 0.315 e. The van der Waals surface area contributed by atoms with Gasteiger partial charge in [-0.25, -0.2) is 4.79 Å². The number of piperidine rings is 1. The molecule has 2 N–H and O–H groups in total. The van der Waals surface area contributed by atoms with Crippen LogP contribution in [-0.2, 0) is 0 Å². The van der Waals surface area contributed by atoms with Gasteiger partial charge >= 0.3 is 6.03 Å². The molecule has 0 aromatic rings. The van der Waals surface area contributed by atoms with Crippen LogP contribution in [0.3, 0.4) is 0 Å². The normalized spacial score (nSPS) is 35.8. The number of nitrogens with one attached hydrogen (secondary N) is 2. The van der Waals surface area contributed by atoms with Crippen molar-refractivity contribution in [2.75, 3.05) is 19.6 Å². The van der Waals surface area contributed by atoms with Crippen molar-refractivity contribution in [3.8, 4) is 0 Å². The first-order valence-corrected chi connectivity index (χ1v) is 9.66. The average molecular weight is 334 g/mol. The van der Waals surface area contributed by atoms with Crippen LogP contribution in [0.5, 0.6) is 0 Å². The topological polar surface area (TPSA) is 44.4 Å². The number of hydrogen-bond donors (Lipinski definition) is 2. The molecule has 1 heterocycles. The predicted molar refractivity (Wildman–Crippen MR) is 99.0 cm³/mol. The minimum absolute atomic E-state index is 0.0444. The minimum atomic E-state index is 0.0444. The molecule has 1 aliphatic heterocycles. The fraction of sp³-hybridized carbons (Fsp3) is 0.850. The molecule has 24 heavy (non-hydrogen) atoms. The Bertz CT molecular complexity index is 507. The largest absolute Gasteiger partial charge is 0.335 e. The maximum atomic E-state index is 12.5. The lowest BCUT2D eigenvalue weighted by Gasteiger charge is -2.40. The van der Waals surface area contributed by atoms with E-state index < -0.39 is 0 Å². The molecular formula is C20H35N3O. The summed E-state index contributed by atoms with van der Waals surface area (Å²) in [6.45, 7) is 16.3. The first kappa shape index (κ1) is 17.8. The van der Waals surface area contributed by atoms with E-state index in [2.05, 4.69) is 49.8 Å². The van der Waals surface area contributed by atoms with E-state index in [0.29, 0.717) is 17.5 Å². The number of carbonyl (C=O) groups excluding carboxylic acids is 1. The molecule has 2 saturated carbocycles. The van der Waals surface area contributed by atoms with E-state index in [4.69, 9.17) is 0 Å². The van der Waals surface area contributed by atoms with Gasteiger partial charge in [0.1, 0.15) is 0 Å². The summed E-state index contributed by atoms with van der Waals surface area (Å²) >= 11 is 0. The summed E-state index contributed by atoms with van der Waals surface area (Å²) in [6.07, 6.45) is 5.79. The van der Waals surface area contributed by atoms with Crippen LogP contribution < -0.4 is 10.6 Å². The summed E-state index contributed by atoms with van der Waals surface area (Å²) in [5.41, 5.74) is 1.81. The van der Waals surface area contributed by atoms with Crippen molar-refractivity contribution in [3.63, 3.8) is 0 Å². The van der Waals surface area contributed by atoms with Crippen molar-refractivity contribution < 1.29 is 4.79 Å². The zero-order valence-electron chi connectivity index (χ0n) is 16.0. The van der Waals surface area contributed by atoms with Crippen molar-refractivity contribution in [1.82, 2.24) is 15.5 Å². The van der Waals surface area contributed by atoms with Gasteiger partial charge < -0.3 is 10.6 Å². The molecule has 3 fully saturated rings. The lowest BCUT2D eigenvalue weighted by Crippen LogP contribution is -2.53. The summed E-state index contributed by atoms with van der Waals surface area (Å²) < 4.78 is 0. The Morgan fingerprint density at radius 2 is 1.83 bits per heavy atom. The van der Waals surface area contributed by atoms with Crippen molar-refractivity contribution in [3.05, 3.63) is 12.2 Å². The van der Waals surface area contributed by atoms with E-state index >= 15 is 0 Å². The highest BCUT2D eigenvalue weighted by molar-refractivity contribution is 5.74. The van der Waals surface area contributed by atoms with Crippen LogP contribution in [0, 0.1) is 16.7 Å². The van der Waals surface area contributed by atoms with Crippen molar-refractivity contribution in [1.29, 1.82) is 0 Å². The standard InChI is InChI=1S/C20H35N3O/c1-14(2)13-23-10-7-16(8-11-23)21-18(24)22-17-12-15-6-9-20(17,5)19(15,3)4/h15-17H,1,6-13H2,2-5H3,(H2,21,22,24)/t15-,17+,20-/m1/s1. The summed E-state index contributed by atoms with van der Waals surface area (Å²) in [6, 6.07) is 0.684. The average Bonchev–Trinajstić information content (AvgIpc) is 2.82. The minimum Gasteiger partial charge on any atom is -0.335 e. The highest BCUT2D eigenvalue weighted by Gasteiger charge is 2.61. The summed E-state index contributed by atoms with van der Waals surface area (Å²) in [5, 5.41) is 6.54. The fourth-order valence-corrected chi connectivity index (χ4v) is 5.42. The molecule has 0 aromatic heterocycles. The summed E-state index contributed by atoms with van der Waals surface area (Å²) in [4.78, 5) is 14.9. The molecule has 1 saturated heterocycles. The first-order chi connectivity index (χ1) is 11.2. The number of amides is 2. The van der Waals surface area contributed by atoms with Gasteiger partial charge in [-0.2, -0.15) is 0 Å². The third kappa shape index (κ3) is 3.10. The second-order valence-corrected chi connectivity index (χ2v) is 9.29. The van der Waals surface area contributed by atoms with Gasteiger partial charge in [-0.15, -0.1) is 0 Å². The Hall–Kier alpha value is -1.03. The molecule has 2 bridgehead atoms. The molecule has 4 heteroatoms. The zero-order valence-corrected chi connectivity index (χ0v) is 16.0. The zero-order chi connectivity index (χ0) is 17.5. The highest BCUT2D eigenvalue weighted by atomic mass is 16.2. The molecule has 0 radical (unpaired) electrons. The lowest BCUT2D eigenvalue weighted by atomic mass is 9.69. The Balaban J connectivity index is 1.47. The Morgan fingerprint density at radius 1 is 1.17 bits per heavy atom. The molecule has 2 aliphatic carbocycles. The maximum absolute atomic E-state index is 12.5. The molecule has 4 nitrogen and oxygen atoms in total. The number of nitrogens with zero attached hydrogens (tertiary/aromatic N) is 1. The van der Waals surface area contributed by atoms with Crippen LogP contribution in [0.25, 0.3) is 0 Å². The van der Waals surface area contributed by atoms with Gasteiger partial charge in [0.25, 0.3) is 0 Å². The van der Waals surface area contributed by atoms with Crippen LogP contribution in [0.2, 0.25) is 0 Å². The molecule has 0 spiro atoms. The quantitative estimate of drug-likeness (QED) is 0.773. The van der Waals surface area contributed by atoms with E-state index in [9.17, 15) is 4.79 Å². The molecule has 3 atom stereocenters. The predicted octanol–water partition coefficient (Wildman–Crippen LogP) is 3.54. The first-order valence-electron chi connectivity index (χ1n) is 9.66. The monoisotopic (exact) mass is 333 g/mol. The second-order valence-electron chi connectivity index (χ2n) is 9.29. The van der Waals surface area contributed by atoms with E-state index in [1.54, 1.807) is 0 Å². The van der Waals surface area contributed by atoms with Crippen LogP contribution in [0.15, 0.2) is 12.2 Å². The van der Waals surface area contributed by atoms with Gasteiger partial charge in [0.15, 0.2) is 0 Å². The number of fused-ring (bicyclic) bond motifs is 2. The van der Waals surface area contributed by atoms with Gasteiger partial charge in [0.2, 0.25) is 0 Å². The van der Waals surface area contributed by atoms with Crippen molar-refractivity contribution in [2.24, 2.45) is 16.7 Å². The van der Waals surface area contributed by atoms with Gasteiger partial charge in [-0.1, -0.05) is 32.9 Å². The molecule has 136 valence electrons. The van der Waals surface area contributed by atoms with Gasteiger partial charge in [0.05, 0.1) is 0 Å². The molecule has 3 aliphatic rings. The summed E-state index contributed by atoms with van der Waals surface area (Å²) in [5.74, 6) is 0.762. The van der Waals surface area contributed by atoms with E-state index in [-0.39, 0.29) is 11.4 Å². The molecular weight excluding hydrogens is 298 g/mol. The molecule has 2 amide bonds. The van der Waals surface area contributed by atoms with E-state index in [1.807, 2.05) is 0 Å². The van der Waals surface area contributed by atoms with Crippen LogP contribution >= 0.6 is 0 Å². The Labute approximate surface area is 147 Å². The van der Waals surface area contributed by atoms with Crippen molar-refractivity contribution in [2.45, 2.75) is 71.9 Å². The highest BCUT2D eigenvalue weighted by Crippen LogP contribution is 2.65. The SMILES string of the molecule is C=C(C)CN1CCC(NC(=O)N[C@H]2C[C@H]3CC[C@@]2(C)C3(C)C)CC1. The Morgan fingerprint density at radius 3 is 2.33 bits per heavy atom. The third-order valence-electron chi connectivity index (χ3n) is 7.52. The summed E-state index contributed by atoms with van der Waals surface area (Å²) in [7, 11) is 0. The molecule has 3 rings (SSSR count). The van der Waals surface area contributed by atoms with E-state index in [1.165, 1.54) is 18.4 Å². The lowest BCUT2D eigenvalue weighted by molar-refractivity contribution is 0.122. The maximum Gasteiger partial charge on any atom is 0.315 e. The van der Waals surface area contributed by atoms with E-state index in [0.717, 1.165) is 44.8 Å². The van der Waals surface area contributed by atoms with Crippen LogP contribution in [-0.4, -0.2) is 42.6 Å². The van der Waals surface area contributed by atoms with Gasteiger partial charge in [-0.3, -0.25) is 4.90 Å². The second kappa shape index (κ2) is 6.36. The van der Waals surface area contributed by atoms with Crippen LogP contribution in [0.1, 0.15) is 59.8 Å². The number of likely N-dealkylation sites (tertiary alicyclic amines) is 1. The third-order valence-corrected chi connectivity index (χ3v) is 7.52. The van der Waals surface area contributed by atoms with Crippen molar-refractivity contribution >= 4 is 6.03 Å². The molecule has 0 unspecified atom stereocenters. The number of hydrogen-bond acceptors (Lipinski definition) is 2.